The number of hydrogen-bond acceptors (Lipinski definition) is 6. The monoisotopic (exact) mass is 566 g/mol. The van der Waals surface area contributed by atoms with Crippen molar-refractivity contribution in [1.29, 1.82) is 0 Å². The minimum absolute atomic E-state index is 0. The highest BCUT2D eigenvalue weighted by Gasteiger charge is 2.44. The van der Waals surface area contributed by atoms with Crippen molar-refractivity contribution >= 4 is 18.2 Å². The molecule has 10 heteroatoms. The summed E-state index contributed by atoms with van der Waals surface area (Å²) in [5.41, 5.74) is 1.15. The first-order valence-electron chi connectivity index (χ1n) is 13.7. The Labute approximate surface area is 239 Å². The Morgan fingerprint density at radius 3 is 2.45 bits per heavy atom. The van der Waals surface area contributed by atoms with Crippen LogP contribution in [0.15, 0.2) is 63.7 Å². The number of Topliss-reactive ketones (excluding diaryl/α,β-unsaturated/α-hetero) is 1. The summed E-state index contributed by atoms with van der Waals surface area (Å²) in [6, 6.07) is 11.8. The third kappa shape index (κ3) is 4.81. The molecule has 212 valence electrons. The van der Waals surface area contributed by atoms with Gasteiger partial charge in [-0.25, -0.2) is 23.5 Å². The third-order valence-corrected chi connectivity index (χ3v) is 8.08. The number of carbonyl (C=O) groups excluding carboxylic acids is 1. The van der Waals surface area contributed by atoms with E-state index in [1.165, 1.54) is 40.1 Å². The number of carbonyl (C=O) groups is 1. The van der Waals surface area contributed by atoms with Crippen LogP contribution in [0.3, 0.4) is 0 Å². The van der Waals surface area contributed by atoms with Crippen molar-refractivity contribution in [3.63, 3.8) is 0 Å². The van der Waals surface area contributed by atoms with Crippen molar-refractivity contribution in [2.75, 3.05) is 26.2 Å². The van der Waals surface area contributed by atoms with Gasteiger partial charge in [0.2, 0.25) is 0 Å². The first-order chi connectivity index (χ1) is 18.7. The molecule has 1 aromatic heterocycles. The lowest BCUT2D eigenvalue weighted by Crippen LogP contribution is -2.46. The van der Waals surface area contributed by atoms with Gasteiger partial charge in [0.25, 0.3) is 0 Å². The SMILES string of the molecule is CC(=O)c1ccc(-n2c(=O)n3n(c2=O)C2C(=CC3)C(C)(C)Oc3cc(OCCN4CCCCC4)ccc32)cc1.Cl. The van der Waals surface area contributed by atoms with Crippen molar-refractivity contribution in [3.8, 4) is 17.2 Å². The molecule has 3 aliphatic rings. The number of piperidine rings is 1. The van der Waals surface area contributed by atoms with Gasteiger partial charge in [0.15, 0.2) is 5.78 Å². The maximum atomic E-state index is 13.8. The Morgan fingerprint density at radius 2 is 1.75 bits per heavy atom. The van der Waals surface area contributed by atoms with Crippen LogP contribution in [0.1, 0.15) is 62.0 Å². The van der Waals surface area contributed by atoms with E-state index in [0.717, 1.165) is 36.5 Å². The number of aromatic nitrogens is 3. The van der Waals surface area contributed by atoms with Crippen LogP contribution in [-0.4, -0.2) is 56.5 Å². The highest BCUT2D eigenvalue weighted by atomic mass is 35.5. The fraction of sp³-hybridized carbons (Fsp3) is 0.433. The quantitative estimate of drug-likeness (QED) is 0.331. The zero-order valence-corrected chi connectivity index (χ0v) is 23.9. The fourth-order valence-electron chi connectivity index (χ4n) is 6.01. The smallest absolute Gasteiger partial charge is 0.352 e. The molecule has 9 nitrogen and oxygen atoms in total. The highest BCUT2D eigenvalue weighted by molar-refractivity contribution is 5.94. The van der Waals surface area contributed by atoms with E-state index >= 15 is 0 Å². The summed E-state index contributed by atoms with van der Waals surface area (Å²) in [5.74, 6) is 1.29. The number of hydrogen-bond donors (Lipinski definition) is 0. The molecule has 0 amide bonds. The molecule has 0 radical (unpaired) electrons. The van der Waals surface area contributed by atoms with Crippen LogP contribution in [0.2, 0.25) is 0 Å². The molecular weight excluding hydrogens is 532 g/mol. The number of ether oxygens (including phenoxy) is 2. The minimum atomic E-state index is -0.684. The van der Waals surface area contributed by atoms with Crippen molar-refractivity contribution < 1.29 is 14.3 Å². The van der Waals surface area contributed by atoms with Crippen LogP contribution in [0, 0.1) is 0 Å². The number of ketones is 1. The van der Waals surface area contributed by atoms with Crippen molar-refractivity contribution in [2.24, 2.45) is 0 Å². The van der Waals surface area contributed by atoms with E-state index in [2.05, 4.69) is 4.90 Å². The van der Waals surface area contributed by atoms with Crippen molar-refractivity contribution in [1.82, 2.24) is 18.8 Å². The molecular formula is C30H35ClN4O5. The second kappa shape index (κ2) is 10.8. The van der Waals surface area contributed by atoms with Gasteiger partial charge >= 0.3 is 11.4 Å². The van der Waals surface area contributed by atoms with Crippen molar-refractivity contribution in [2.45, 2.75) is 58.2 Å². The fourth-order valence-corrected chi connectivity index (χ4v) is 6.01. The van der Waals surface area contributed by atoms with Gasteiger partial charge in [0.05, 0.1) is 12.2 Å². The Bertz CT molecular complexity index is 1570. The van der Waals surface area contributed by atoms with Crippen LogP contribution in [0.25, 0.3) is 5.69 Å². The average molecular weight is 567 g/mol. The van der Waals surface area contributed by atoms with E-state index in [4.69, 9.17) is 9.47 Å². The topological polar surface area (TPSA) is 87.7 Å². The van der Waals surface area contributed by atoms with Crippen LogP contribution in [-0.2, 0) is 6.54 Å². The zero-order chi connectivity index (χ0) is 27.3. The Balaban J connectivity index is 0.00000323. The molecule has 2 aromatic carbocycles. The largest absolute Gasteiger partial charge is 0.492 e. The van der Waals surface area contributed by atoms with Crippen LogP contribution >= 0.6 is 12.4 Å². The first-order valence-corrected chi connectivity index (χ1v) is 13.7. The summed E-state index contributed by atoms with van der Waals surface area (Å²) >= 11 is 0. The predicted molar refractivity (Wildman–Crippen MR) is 155 cm³/mol. The Hall–Kier alpha value is -3.56. The summed E-state index contributed by atoms with van der Waals surface area (Å²) in [7, 11) is 0. The van der Waals surface area contributed by atoms with E-state index in [9.17, 15) is 14.4 Å². The Kier molecular flexibility index (Phi) is 7.54. The number of likely N-dealkylation sites (tertiary alicyclic amines) is 1. The molecule has 1 atom stereocenters. The van der Waals surface area contributed by atoms with Gasteiger partial charge in [-0.05, 0) is 88.7 Å². The number of rotatable bonds is 6. The molecule has 3 aromatic rings. The summed E-state index contributed by atoms with van der Waals surface area (Å²) < 4.78 is 16.7. The summed E-state index contributed by atoms with van der Waals surface area (Å²) in [6.45, 7) is 9.44. The van der Waals surface area contributed by atoms with E-state index in [-0.39, 0.29) is 24.7 Å². The van der Waals surface area contributed by atoms with Crippen LogP contribution < -0.4 is 20.9 Å². The first kappa shape index (κ1) is 28.0. The number of fused-ring (bicyclic) bond motifs is 5. The molecule has 0 bridgehead atoms. The molecule has 4 heterocycles. The molecule has 1 unspecified atom stereocenters. The lowest BCUT2D eigenvalue weighted by atomic mass is 9.83. The average Bonchev–Trinajstić information content (AvgIpc) is 3.18. The maximum Gasteiger partial charge on any atom is 0.352 e. The van der Waals surface area contributed by atoms with Gasteiger partial charge in [-0.2, -0.15) is 0 Å². The van der Waals surface area contributed by atoms with E-state index in [0.29, 0.717) is 23.6 Å². The number of allylic oxidation sites excluding steroid dienone is 1. The standard InChI is InChI=1S/C30H34N4O5.ClH/c1-20(35)21-7-9-22(10-8-21)33-28(36)32-16-13-25-27(34(32)29(33)37)24-12-11-23(19-26(24)39-30(25,2)3)38-18-17-31-14-5-4-6-15-31;/h7-13,19,27H,4-6,14-18H2,1-3H3;1H. The van der Waals surface area contributed by atoms with Crippen molar-refractivity contribution in [3.05, 3.63) is 86.2 Å². The number of nitrogens with zero attached hydrogens (tertiary/aromatic N) is 4. The van der Waals surface area contributed by atoms with E-state index < -0.39 is 23.0 Å². The molecule has 40 heavy (non-hydrogen) atoms. The normalized spacial score (nSPS) is 19.3. The summed E-state index contributed by atoms with van der Waals surface area (Å²) in [4.78, 5) is 41.4. The van der Waals surface area contributed by atoms with Gasteiger partial charge in [-0.1, -0.05) is 12.5 Å². The molecule has 0 N–H and O–H groups in total. The third-order valence-electron chi connectivity index (χ3n) is 8.08. The number of benzene rings is 2. The highest BCUT2D eigenvalue weighted by Crippen LogP contribution is 2.47. The molecule has 0 spiro atoms. The Morgan fingerprint density at radius 1 is 1.02 bits per heavy atom. The predicted octanol–water partition coefficient (Wildman–Crippen LogP) is 3.99. The minimum Gasteiger partial charge on any atom is -0.492 e. The zero-order valence-electron chi connectivity index (χ0n) is 23.1. The second-order valence-electron chi connectivity index (χ2n) is 11.1. The molecule has 0 aliphatic carbocycles. The number of halogens is 1. The second-order valence-corrected chi connectivity index (χ2v) is 11.1. The van der Waals surface area contributed by atoms with E-state index in [1.807, 2.05) is 38.1 Å². The van der Waals surface area contributed by atoms with Crippen LogP contribution in [0.5, 0.6) is 11.5 Å². The van der Waals surface area contributed by atoms with Gasteiger partial charge in [0.1, 0.15) is 29.7 Å². The van der Waals surface area contributed by atoms with Gasteiger partial charge in [-0.3, -0.25) is 9.69 Å². The van der Waals surface area contributed by atoms with Gasteiger partial charge in [0, 0.05) is 23.7 Å². The summed E-state index contributed by atoms with van der Waals surface area (Å²) in [6.07, 6.45) is 5.78. The van der Waals surface area contributed by atoms with Crippen LogP contribution in [0.4, 0.5) is 0 Å². The lowest BCUT2D eigenvalue weighted by Gasteiger charge is -2.42. The molecule has 3 aliphatic heterocycles. The van der Waals surface area contributed by atoms with Gasteiger partial charge < -0.3 is 9.47 Å². The molecule has 0 saturated carbocycles. The van der Waals surface area contributed by atoms with E-state index in [1.54, 1.807) is 24.3 Å². The molecule has 1 saturated heterocycles. The molecule has 1 fully saturated rings. The summed E-state index contributed by atoms with van der Waals surface area (Å²) in [5, 5.41) is 0. The maximum absolute atomic E-state index is 13.8. The molecule has 6 rings (SSSR count). The lowest BCUT2D eigenvalue weighted by molar-refractivity contribution is 0.101. The van der Waals surface area contributed by atoms with Gasteiger partial charge in [-0.15, -0.1) is 12.4 Å².